The smallest absolute Gasteiger partial charge is 0.258 e. The predicted octanol–water partition coefficient (Wildman–Crippen LogP) is 6.45. The van der Waals surface area contributed by atoms with E-state index in [1.807, 2.05) is 53.6 Å². The van der Waals surface area contributed by atoms with Crippen LogP contribution in [0.3, 0.4) is 0 Å². The molecule has 0 bridgehead atoms. The number of thiocarbonyl (C=S) groups is 1. The molecule has 5 nitrogen and oxygen atoms in total. The zero-order chi connectivity index (χ0) is 22.9. The van der Waals surface area contributed by atoms with Crippen molar-refractivity contribution in [2.24, 2.45) is 0 Å². The number of rotatable bonds is 5. The van der Waals surface area contributed by atoms with Gasteiger partial charge in [0.15, 0.2) is 5.11 Å². The lowest BCUT2D eigenvalue weighted by molar-refractivity contribution is 0.396. The first kappa shape index (κ1) is 21.8. The monoisotopic (exact) mass is 496 g/mol. The first-order valence-corrected chi connectivity index (χ1v) is 11.8. The van der Waals surface area contributed by atoms with Gasteiger partial charge >= 0.3 is 0 Å². The van der Waals surface area contributed by atoms with Crippen LogP contribution in [-0.2, 0) is 6.54 Å². The van der Waals surface area contributed by atoms with E-state index in [2.05, 4.69) is 15.5 Å². The summed E-state index contributed by atoms with van der Waals surface area (Å²) in [7, 11) is 0. The lowest BCUT2D eigenvalue weighted by Crippen LogP contribution is -2.45. The van der Waals surface area contributed by atoms with Crippen molar-refractivity contribution in [2.75, 3.05) is 0 Å². The number of halogens is 2. The number of thiophene rings is 1. The van der Waals surface area contributed by atoms with Gasteiger partial charge in [0.05, 0.1) is 23.0 Å². The van der Waals surface area contributed by atoms with Crippen molar-refractivity contribution in [3.63, 3.8) is 0 Å². The van der Waals surface area contributed by atoms with Gasteiger partial charge in [-0.25, -0.2) is 4.39 Å². The van der Waals surface area contributed by atoms with Gasteiger partial charge < -0.3 is 14.7 Å². The van der Waals surface area contributed by atoms with E-state index in [-0.39, 0.29) is 11.9 Å². The van der Waals surface area contributed by atoms with Crippen molar-refractivity contribution in [3.8, 4) is 10.7 Å². The molecule has 5 rings (SSSR count). The standard InChI is InChI=1S/C24H18ClFN4OS2/c1-14-20(23-28-22(29-31-23)19-6-3-11-33-19)21(16-7-9-18(26)10-8-16)27-24(32)30(14)13-15-4-2-5-17(25)12-15/h2-12,21H,13H2,1H3,(H,27,32). The Morgan fingerprint density at radius 1 is 1.18 bits per heavy atom. The van der Waals surface area contributed by atoms with Crippen LogP contribution in [0.25, 0.3) is 16.3 Å². The topological polar surface area (TPSA) is 54.2 Å². The highest BCUT2D eigenvalue weighted by Gasteiger charge is 2.34. The largest absolute Gasteiger partial charge is 0.351 e. The minimum atomic E-state index is -0.370. The molecule has 0 amide bonds. The third kappa shape index (κ3) is 4.42. The van der Waals surface area contributed by atoms with Crippen molar-refractivity contribution >= 4 is 45.8 Å². The van der Waals surface area contributed by atoms with Crippen LogP contribution in [0.5, 0.6) is 0 Å². The number of nitrogens with zero attached hydrogens (tertiary/aromatic N) is 3. The van der Waals surface area contributed by atoms with Gasteiger partial charge in [0, 0.05) is 10.7 Å². The predicted molar refractivity (Wildman–Crippen MR) is 132 cm³/mol. The molecular weight excluding hydrogens is 479 g/mol. The first-order valence-electron chi connectivity index (χ1n) is 10.2. The second kappa shape index (κ2) is 9.05. The molecular formula is C24H18ClFN4OS2. The molecule has 3 heterocycles. The lowest BCUT2D eigenvalue weighted by atomic mass is 9.94. The highest BCUT2D eigenvalue weighted by atomic mass is 35.5. The molecule has 0 spiro atoms. The fourth-order valence-electron chi connectivity index (χ4n) is 3.81. The number of benzene rings is 2. The van der Waals surface area contributed by atoms with Crippen LogP contribution < -0.4 is 5.32 Å². The fourth-order valence-corrected chi connectivity index (χ4v) is 4.99. The number of hydrogen-bond donors (Lipinski definition) is 1. The molecule has 0 saturated carbocycles. The van der Waals surface area contributed by atoms with E-state index in [0.29, 0.717) is 28.4 Å². The van der Waals surface area contributed by atoms with Crippen molar-refractivity contribution in [1.29, 1.82) is 0 Å². The fraction of sp³-hybridized carbons (Fsp3) is 0.125. The molecule has 0 radical (unpaired) electrons. The molecule has 4 aromatic rings. The molecule has 1 aliphatic rings. The SMILES string of the molecule is CC1=C(c2nc(-c3cccs3)no2)C(c2ccc(F)cc2)NC(=S)N1Cc1cccc(Cl)c1. The highest BCUT2D eigenvalue weighted by Crippen LogP contribution is 2.38. The Labute approximate surface area is 204 Å². The Morgan fingerprint density at radius 3 is 2.73 bits per heavy atom. The Bertz CT molecular complexity index is 1330. The second-order valence-electron chi connectivity index (χ2n) is 7.55. The van der Waals surface area contributed by atoms with Crippen LogP contribution in [0, 0.1) is 5.82 Å². The highest BCUT2D eigenvalue weighted by molar-refractivity contribution is 7.80. The van der Waals surface area contributed by atoms with E-state index in [9.17, 15) is 4.39 Å². The molecule has 2 aromatic carbocycles. The Morgan fingerprint density at radius 2 is 2.00 bits per heavy atom. The average molecular weight is 497 g/mol. The number of hydrogen-bond acceptors (Lipinski definition) is 5. The van der Waals surface area contributed by atoms with Crippen LogP contribution in [0.15, 0.2) is 76.3 Å². The molecule has 0 fully saturated rings. The van der Waals surface area contributed by atoms with Gasteiger partial charge in [0.2, 0.25) is 5.82 Å². The summed E-state index contributed by atoms with van der Waals surface area (Å²) in [4.78, 5) is 7.56. The van der Waals surface area contributed by atoms with E-state index in [1.165, 1.54) is 23.5 Å². The maximum absolute atomic E-state index is 13.6. The second-order valence-corrected chi connectivity index (χ2v) is 9.32. The quantitative estimate of drug-likeness (QED) is 0.320. The molecule has 2 aromatic heterocycles. The van der Waals surface area contributed by atoms with Crippen molar-refractivity contribution < 1.29 is 8.91 Å². The minimum Gasteiger partial charge on any atom is -0.351 e. The van der Waals surface area contributed by atoms with Gasteiger partial charge in [-0.3, -0.25) is 0 Å². The zero-order valence-electron chi connectivity index (χ0n) is 17.5. The number of allylic oxidation sites excluding steroid dienone is 1. The molecule has 9 heteroatoms. The van der Waals surface area contributed by atoms with Crippen LogP contribution in [-0.4, -0.2) is 20.2 Å². The first-order chi connectivity index (χ1) is 16.0. The molecule has 0 aliphatic carbocycles. The Kier molecular flexibility index (Phi) is 5.97. The van der Waals surface area contributed by atoms with E-state index >= 15 is 0 Å². The maximum Gasteiger partial charge on any atom is 0.258 e. The van der Waals surface area contributed by atoms with Gasteiger partial charge in [-0.05, 0) is 66.0 Å². The van der Waals surface area contributed by atoms with Gasteiger partial charge in [-0.2, -0.15) is 4.98 Å². The van der Waals surface area contributed by atoms with Gasteiger partial charge in [-0.1, -0.05) is 47.1 Å². The summed E-state index contributed by atoms with van der Waals surface area (Å²) in [5.74, 6) is 0.601. The van der Waals surface area contributed by atoms with Crippen LogP contribution in [0.2, 0.25) is 5.02 Å². The van der Waals surface area contributed by atoms with E-state index < -0.39 is 0 Å². The minimum absolute atomic E-state index is 0.306. The molecule has 1 unspecified atom stereocenters. The molecule has 33 heavy (non-hydrogen) atoms. The summed E-state index contributed by atoms with van der Waals surface area (Å²) in [5.41, 5.74) is 3.50. The summed E-state index contributed by atoms with van der Waals surface area (Å²) in [5, 5.41) is 10.7. The summed E-state index contributed by atoms with van der Waals surface area (Å²) in [6, 6.07) is 17.5. The van der Waals surface area contributed by atoms with E-state index in [1.54, 1.807) is 12.1 Å². The molecule has 1 atom stereocenters. The van der Waals surface area contributed by atoms with Crippen LogP contribution in [0.1, 0.15) is 30.0 Å². The van der Waals surface area contributed by atoms with E-state index in [4.69, 9.17) is 28.3 Å². The van der Waals surface area contributed by atoms with Crippen LogP contribution in [0.4, 0.5) is 4.39 Å². The van der Waals surface area contributed by atoms with E-state index in [0.717, 1.165) is 27.3 Å². The van der Waals surface area contributed by atoms with Crippen molar-refractivity contribution in [1.82, 2.24) is 20.4 Å². The van der Waals surface area contributed by atoms with Gasteiger partial charge in [0.25, 0.3) is 5.89 Å². The van der Waals surface area contributed by atoms with Gasteiger partial charge in [-0.15, -0.1) is 11.3 Å². The van der Waals surface area contributed by atoms with Crippen LogP contribution >= 0.6 is 35.2 Å². The normalized spacial score (nSPS) is 16.3. The molecule has 1 aliphatic heterocycles. The number of nitrogens with one attached hydrogen (secondary N) is 1. The Balaban J connectivity index is 1.60. The third-order valence-electron chi connectivity index (χ3n) is 5.43. The molecule has 0 saturated heterocycles. The Hall–Kier alpha value is -3.07. The molecule has 166 valence electrons. The summed E-state index contributed by atoms with van der Waals surface area (Å²) in [6.45, 7) is 2.49. The molecule has 1 N–H and O–H groups in total. The van der Waals surface area contributed by atoms with Gasteiger partial charge in [0.1, 0.15) is 5.82 Å². The summed E-state index contributed by atoms with van der Waals surface area (Å²) < 4.78 is 19.3. The maximum atomic E-state index is 13.6. The number of aromatic nitrogens is 2. The zero-order valence-corrected chi connectivity index (χ0v) is 19.8. The summed E-state index contributed by atoms with van der Waals surface area (Å²) >= 11 is 13.4. The van der Waals surface area contributed by atoms with Crippen molar-refractivity contribution in [2.45, 2.75) is 19.5 Å². The third-order valence-corrected chi connectivity index (χ3v) is 6.87. The summed E-state index contributed by atoms with van der Waals surface area (Å²) in [6.07, 6.45) is 0. The average Bonchev–Trinajstić information content (AvgIpc) is 3.49. The lowest BCUT2D eigenvalue weighted by Gasteiger charge is -2.37. The van der Waals surface area contributed by atoms with Crippen molar-refractivity contribution in [3.05, 3.63) is 99.6 Å².